The fourth-order valence-electron chi connectivity index (χ4n) is 2.09. The summed E-state index contributed by atoms with van der Waals surface area (Å²) in [5.41, 5.74) is 0.789. The Hall–Kier alpha value is -1.42. The van der Waals surface area contributed by atoms with E-state index in [0.717, 1.165) is 16.7 Å². The van der Waals surface area contributed by atoms with Crippen molar-refractivity contribution >= 4 is 34.2 Å². The molecule has 98 valence electrons. The van der Waals surface area contributed by atoms with Gasteiger partial charge in [-0.05, 0) is 55.0 Å². The summed E-state index contributed by atoms with van der Waals surface area (Å²) >= 11 is 11.8. The fraction of sp³-hybridized carbons (Fsp3) is 0.143. The molecule has 0 radical (unpaired) electrons. The zero-order chi connectivity index (χ0) is 13.4. The maximum atomic E-state index is 5.97. The molecule has 3 nitrogen and oxygen atoms in total. The van der Waals surface area contributed by atoms with Crippen molar-refractivity contribution in [2.45, 2.75) is 6.04 Å². The van der Waals surface area contributed by atoms with Crippen molar-refractivity contribution in [1.82, 2.24) is 5.32 Å². The quantitative estimate of drug-likeness (QED) is 0.765. The summed E-state index contributed by atoms with van der Waals surface area (Å²) in [5, 5.41) is 5.14. The molecule has 0 fully saturated rings. The van der Waals surface area contributed by atoms with E-state index in [1.165, 1.54) is 0 Å². The Labute approximate surface area is 120 Å². The summed E-state index contributed by atoms with van der Waals surface area (Å²) in [6.45, 7) is 0. The minimum absolute atomic E-state index is 0.182. The predicted molar refractivity (Wildman–Crippen MR) is 75.8 cm³/mol. The number of hydrogen-bond donors (Lipinski definition) is 1. The number of hydrogen-bond acceptors (Lipinski definition) is 3. The molecular weight excluding hydrogens is 285 g/mol. The summed E-state index contributed by atoms with van der Waals surface area (Å²) in [7, 11) is 1.83. The first-order valence-electron chi connectivity index (χ1n) is 5.79. The highest BCUT2D eigenvalue weighted by atomic mass is 35.5. The van der Waals surface area contributed by atoms with Gasteiger partial charge >= 0.3 is 0 Å². The van der Waals surface area contributed by atoms with Crippen molar-refractivity contribution in [1.29, 1.82) is 0 Å². The normalized spacial score (nSPS) is 13.0. The number of furan rings is 2. The molecule has 0 amide bonds. The van der Waals surface area contributed by atoms with Crippen LogP contribution >= 0.6 is 23.2 Å². The van der Waals surface area contributed by atoms with Gasteiger partial charge in [-0.1, -0.05) is 11.6 Å². The number of halogens is 2. The molecule has 5 heteroatoms. The number of fused-ring (bicyclic) bond motifs is 1. The van der Waals surface area contributed by atoms with Crippen LogP contribution in [0.15, 0.2) is 45.2 Å². The average Bonchev–Trinajstić information content (AvgIpc) is 2.96. The molecule has 3 aromatic rings. The molecule has 2 aromatic heterocycles. The molecule has 2 heterocycles. The van der Waals surface area contributed by atoms with Crippen LogP contribution in [0, 0.1) is 0 Å². The van der Waals surface area contributed by atoms with Gasteiger partial charge in [0.05, 0.1) is 0 Å². The van der Waals surface area contributed by atoms with Gasteiger partial charge in [-0.2, -0.15) is 0 Å². The zero-order valence-corrected chi connectivity index (χ0v) is 11.6. The molecule has 3 rings (SSSR count). The maximum Gasteiger partial charge on any atom is 0.193 e. The molecule has 0 bridgehead atoms. The molecule has 0 saturated carbocycles. The van der Waals surface area contributed by atoms with Gasteiger partial charge in [0.25, 0.3) is 0 Å². The van der Waals surface area contributed by atoms with E-state index in [9.17, 15) is 0 Å². The first-order chi connectivity index (χ1) is 9.17. The predicted octanol–water partition coefficient (Wildman–Crippen LogP) is 4.64. The van der Waals surface area contributed by atoms with E-state index in [1.54, 1.807) is 12.1 Å². The van der Waals surface area contributed by atoms with E-state index in [0.29, 0.717) is 16.0 Å². The van der Waals surface area contributed by atoms with Crippen molar-refractivity contribution in [3.63, 3.8) is 0 Å². The lowest BCUT2D eigenvalue weighted by Crippen LogP contribution is -2.16. The van der Waals surface area contributed by atoms with Crippen LogP contribution < -0.4 is 5.32 Å². The Kier molecular flexibility index (Phi) is 3.27. The molecule has 1 unspecified atom stereocenters. The van der Waals surface area contributed by atoms with Gasteiger partial charge in [0, 0.05) is 10.4 Å². The summed E-state index contributed by atoms with van der Waals surface area (Å²) in [6, 6.07) is 10.8. The van der Waals surface area contributed by atoms with Crippen molar-refractivity contribution in [3.8, 4) is 0 Å². The first kappa shape index (κ1) is 12.6. The van der Waals surface area contributed by atoms with Gasteiger partial charge in [-0.25, -0.2) is 0 Å². The third-order valence-electron chi connectivity index (χ3n) is 2.95. The second kappa shape index (κ2) is 4.93. The van der Waals surface area contributed by atoms with Gasteiger partial charge in [0.15, 0.2) is 5.22 Å². The first-order valence-corrected chi connectivity index (χ1v) is 6.54. The van der Waals surface area contributed by atoms with Crippen LogP contribution in [0.1, 0.15) is 17.6 Å². The molecule has 0 aliphatic rings. The van der Waals surface area contributed by atoms with Crippen molar-refractivity contribution < 1.29 is 8.83 Å². The Balaban J connectivity index is 2.06. The molecule has 19 heavy (non-hydrogen) atoms. The zero-order valence-electron chi connectivity index (χ0n) is 10.1. The number of rotatable bonds is 3. The standard InChI is InChI=1S/C14H11Cl2NO2/c1-17-14(11-4-5-13(16)19-11)12-7-8-6-9(15)2-3-10(8)18-12/h2-7,14,17H,1H3. The second-order valence-electron chi connectivity index (χ2n) is 4.19. The van der Waals surface area contributed by atoms with Gasteiger partial charge < -0.3 is 14.2 Å². The van der Waals surface area contributed by atoms with Crippen LogP contribution in [0.2, 0.25) is 10.2 Å². The van der Waals surface area contributed by atoms with E-state index in [2.05, 4.69) is 5.32 Å². The van der Waals surface area contributed by atoms with Crippen LogP contribution in [-0.4, -0.2) is 7.05 Å². The van der Waals surface area contributed by atoms with E-state index in [4.69, 9.17) is 32.0 Å². The van der Waals surface area contributed by atoms with Crippen LogP contribution in [0.3, 0.4) is 0 Å². The lowest BCUT2D eigenvalue weighted by molar-refractivity contribution is 0.415. The van der Waals surface area contributed by atoms with E-state index < -0.39 is 0 Å². The van der Waals surface area contributed by atoms with Gasteiger partial charge in [-0.3, -0.25) is 0 Å². The summed E-state index contributed by atoms with van der Waals surface area (Å²) < 4.78 is 11.2. The molecule has 0 aliphatic heterocycles. The van der Waals surface area contributed by atoms with Crippen molar-refractivity contribution in [3.05, 3.63) is 58.2 Å². The van der Waals surface area contributed by atoms with Crippen LogP contribution in [0.5, 0.6) is 0 Å². The number of nitrogens with one attached hydrogen (secondary N) is 1. The highest BCUT2D eigenvalue weighted by molar-refractivity contribution is 6.31. The van der Waals surface area contributed by atoms with Crippen LogP contribution in [0.4, 0.5) is 0 Å². The minimum Gasteiger partial charge on any atom is -0.459 e. The largest absolute Gasteiger partial charge is 0.459 e. The average molecular weight is 296 g/mol. The third-order valence-corrected chi connectivity index (χ3v) is 3.39. The van der Waals surface area contributed by atoms with Gasteiger partial charge in [0.1, 0.15) is 23.1 Å². The van der Waals surface area contributed by atoms with Crippen molar-refractivity contribution in [2.75, 3.05) is 7.05 Å². The topological polar surface area (TPSA) is 38.3 Å². The third kappa shape index (κ3) is 2.37. The smallest absolute Gasteiger partial charge is 0.193 e. The van der Waals surface area contributed by atoms with E-state index >= 15 is 0 Å². The maximum absolute atomic E-state index is 5.97. The Morgan fingerprint density at radius 1 is 1.00 bits per heavy atom. The van der Waals surface area contributed by atoms with E-state index in [1.807, 2.05) is 31.3 Å². The number of benzene rings is 1. The monoisotopic (exact) mass is 295 g/mol. The molecule has 1 atom stereocenters. The summed E-state index contributed by atoms with van der Waals surface area (Å²) in [6.07, 6.45) is 0. The van der Waals surface area contributed by atoms with Gasteiger partial charge in [-0.15, -0.1) is 0 Å². The van der Waals surface area contributed by atoms with Crippen LogP contribution in [0.25, 0.3) is 11.0 Å². The molecule has 1 aromatic carbocycles. The van der Waals surface area contributed by atoms with Gasteiger partial charge in [0.2, 0.25) is 0 Å². The Bertz CT molecular complexity index is 717. The lowest BCUT2D eigenvalue weighted by Gasteiger charge is -2.09. The highest BCUT2D eigenvalue weighted by Gasteiger charge is 2.20. The van der Waals surface area contributed by atoms with E-state index in [-0.39, 0.29) is 6.04 Å². The minimum atomic E-state index is -0.182. The van der Waals surface area contributed by atoms with Crippen LogP contribution in [-0.2, 0) is 0 Å². The molecule has 0 spiro atoms. The molecule has 1 N–H and O–H groups in total. The fourth-order valence-corrected chi connectivity index (χ4v) is 2.42. The summed E-state index contributed by atoms with van der Waals surface area (Å²) in [4.78, 5) is 0. The lowest BCUT2D eigenvalue weighted by atomic mass is 10.1. The van der Waals surface area contributed by atoms with Crippen molar-refractivity contribution in [2.24, 2.45) is 0 Å². The molecular formula is C14H11Cl2NO2. The SMILES string of the molecule is CNC(c1ccc(Cl)o1)c1cc2cc(Cl)ccc2o1. The Morgan fingerprint density at radius 2 is 1.84 bits per heavy atom. The summed E-state index contributed by atoms with van der Waals surface area (Å²) in [5.74, 6) is 1.46. The highest BCUT2D eigenvalue weighted by Crippen LogP contribution is 2.31. The molecule has 0 aliphatic carbocycles. The second-order valence-corrected chi connectivity index (χ2v) is 5.00. The Morgan fingerprint density at radius 3 is 2.53 bits per heavy atom. The molecule has 0 saturated heterocycles.